The minimum absolute atomic E-state index is 0.0705. The van der Waals surface area contributed by atoms with Gasteiger partial charge in [0.15, 0.2) is 11.0 Å². The standard InChI is InChI=1S/C22H33N5OS/c1-3-19(4-2)23-21(28)17-29-22-25-24-20(16-26-13-9-6-10-14-26)27(22)15-18-11-7-5-8-12-18/h5,7-8,11-12,19H,3-4,6,9-10,13-17H2,1-2H3,(H,23,28)/p+1. The van der Waals surface area contributed by atoms with E-state index in [1.807, 2.05) is 6.07 Å². The van der Waals surface area contributed by atoms with Crippen LogP contribution in [0.25, 0.3) is 0 Å². The largest absolute Gasteiger partial charge is 0.353 e. The third-order valence-electron chi connectivity index (χ3n) is 5.63. The number of amides is 1. The second kappa shape index (κ2) is 11.4. The fraction of sp³-hybridized carbons (Fsp3) is 0.591. The Balaban J connectivity index is 1.70. The summed E-state index contributed by atoms with van der Waals surface area (Å²) in [5, 5.41) is 12.9. The van der Waals surface area contributed by atoms with Crippen LogP contribution < -0.4 is 10.2 Å². The van der Waals surface area contributed by atoms with Gasteiger partial charge in [-0.05, 0) is 37.7 Å². The lowest BCUT2D eigenvalue weighted by atomic mass is 10.1. The van der Waals surface area contributed by atoms with Crippen LogP contribution in [-0.4, -0.2) is 45.6 Å². The summed E-state index contributed by atoms with van der Waals surface area (Å²) >= 11 is 1.49. The molecule has 0 spiro atoms. The van der Waals surface area contributed by atoms with Gasteiger partial charge in [0.05, 0.1) is 25.4 Å². The highest BCUT2D eigenvalue weighted by atomic mass is 32.2. The molecule has 0 radical (unpaired) electrons. The number of rotatable bonds is 10. The molecule has 158 valence electrons. The first kappa shape index (κ1) is 21.8. The Kier molecular flexibility index (Phi) is 8.55. The van der Waals surface area contributed by atoms with E-state index in [4.69, 9.17) is 0 Å². The second-order valence-electron chi connectivity index (χ2n) is 7.83. The van der Waals surface area contributed by atoms with E-state index in [2.05, 4.69) is 58.2 Å². The quantitative estimate of drug-likeness (QED) is 0.584. The molecular weight excluding hydrogens is 382 g/mol. The number of nitrogens with one attached hydrogen (secondary N) is 2. The molecule has 1 aromatic heterocycles. The number of piperidine rings is 1. The van der Waals surface area contributed by atoms with E-state index < -0.39 is 0 Å². The Hall–Kier alpha value is -1.86. The van der Waals surface area contributed by atoms with Crippen molar-refractivity contribution in [1.82, 2.24) is 20.1 Å². The van der Waals surface area contributed by atoms with Crippen molar-refractivity contribution >= 4 is 17.7 Å². The van der Waals surface area contributed by atoms with Crippen molar-refractivity contribution in [2.75, 3.05) is 18.8 Å². The highest BCUT2D eigenvalue weighted by Crippen LogP contribution is 2.19. The zero-order valence-corrected chi connectivity index (χ0v) is 18.5. The maximum Gasteiger partial charge on any atom is 0.230 e. The minimum Gasteiger partial charge on any atom is -0.353 e. The smallest absolute Gasteiger partial charge is 0.230 e. The molecule has 1 aliphatic heterocycles. The Labute approximate surface area is 178 Å². The zero-order chi connectivity index (χ0) is 20.5. The normalized spacial score (nSPS) is 15.0. The molecule has 0 unspecified atom stereocenters. The number of nitrogens with zero attached hydrogens (tertiary/aromatic N) is 3. The lowest BCUT2D eigenvalue weighted by Crippen LogP contribution is -3.11. The Bertz CT molecular complexity index is 754. The third kappa shape index (κ3) is 6.57. The van der Waals surface area contributed by atoms with Gasteiger partial charge in [-0.3, -0.25) is 9.36 Å². The number of hydrogen-bond acceptors (Lipinski definition) is 4. The van der Waals surface area contributed by atoms with E-state index in [0.717, 1.165) is 36.9 Å². The van der Waals surface area contributed by atoms with Crippen molar-refractivity contribution in [3.63, 3.8) is 0 Å². The first-order chi connectivity index (χ1) is 14.2. The average Bonchev–Trinajstić information content (AvgIpc) is 3.13. The summed E-state index contributed by atoms with van der Waals surface area (Å²) in [5.41, 5.74) is 1.23. The summed E-state index contributed by atoms with van der Waals surface area (Å²) in [6, 6.07) is 10.7. The van der Waals surface area contributed by atoms with Crippen molar-refractivity contribution in [2.45, 2.75) is 70.2 Å². The molecule has 1 amide bonds. The van der Waals surface area contributed by atoms with E-state index in [1.165, 1.54) is 49.7 Å². The molecule has 0 bridgehead atoms. The van der Waals surface area contributed by atoms with E-state index in [0.29, 0.717) is 5.75 Å². The van der Waals surface area contributed by atoms with E-state index >= 15 is 0 Å². The first-order valence-corrected chi connectivity index (χ1v) is 11.9. The maximum absolute atomic E-state index is 12.3. The van der Waals surface area contributed by atoms with E-state index in [9.17, 15) is 4.79 Å². The van der Waals surface area contributed by atoms with Crippen LogP contribution in [0.1, 0.15) is 57.3 Å². The molecule has 7 heteroatoms. The second-order valence-corrected chi connectivity index (χ2v) is 8.77. The van der Waals surface area contributed by atoms with Crippen LogP contribution in [0.15, 0.2) is 35.5 Å². The van der Waals surface area contributed by atoms with Gasteiger partial charge in [0, 0.05) is 6.04 Å². The number of thioether (sulfide) groups is 1. The van der Waals surface area contributed by atoms with Crippen molar-refractivity contribution in [3.8, 4) is 0 Å². The van der Waals surface area contributed by atoms with Gasteiger partial charge in [0.2, 0.25) is 5.91 Å². The van der Waals surface area contributed by atoms with Crippen molar-refractivity contribution in [2.24, 2.45) is 0 Å². The highest BCUT2D eigenvalue weighted by molar-refractivity contribution is 7.99. The average molecular weight is 417 g/mol. The summed E-state index contributed by atoms with van der Waals surface area (Å²) in [6.07, 6.45) is 5.84. The predicted molar refractivity (Wildman–Crippen MR) is 117 cm³/mol. The van der Waals surface area contributed by atoms with E-state index in [-0.39, 0.29) is 11.9 Å². The molecule has 2 heterocycles. The van der Waals surface area contributed by atoms with Crippen LogP contribution >= 0.6 is 11.8 Å². The van der Waals surface area contributed by atoms with Crippen molar-refractivity contribution < 1.29 is 9.69 Å². The number of quaternary nitrogens is 1. The fourth-order valence-corrected chi connectivity index (χ4v) is 4.59. The summed E-state index contributed by atoms with van der Waals surface area (Å²) < 4.78 is 2.20. The van der Waals surface area contributed by atoms with Gasteiger partial charge in [-0.15, -0.1) is 10.2 Å². The number of carbonyl (C=O) groups is 1. The number of aromatic nitrogens is 3. The van der Waals surface area contributed by atoms with Crippen LogP contribution in [0.3, 0.4) is 0 Å². The van der Waals surface area contributed by atoms with Gasteiger partial charge in [-0.1, -0.05) is 55.9 Å². The predicted octanol–water partition coefficient (Wildman–Crippen LogP) is 2.29. The SMILES string of the molecule is CCC(CC)NC(=O)CSc1nnc(C[NH+]2CCCCC2)n1Cc1ccccc1. The summed E-state index contributed by atoms with van der Waals surface area (Å²) in [7, 11) is 0. The molecular formula is C22H34N5OS+. The van der Waals surface area contributed by atoms with E-state index in [1.54, 1.807) is 4.90 Å². The molecule has 1 aromatic carbocycles. The van der Waals surface area contributed by atoms with Gasteiger partial charge in [0.1, 0.15) is 6.54 Å². The van der Waals surface area contributed by atoms with Crippen molar-refractivity contribution in [3.05, 3.63) is 41.7 Å². The summed E-state index contributed by atoms with van der Waals surface area (Å²) in [4.78, 5) is 13.9. The molecule has 3 rings (SSSR count). The van der Waals surface area contributed by atoms with Crippen molar-refractivity contribution in [1.29, 1.82) is 0 Å². The zero-order valence-electron chi connectivity index (χ0n) is 17.7. The molecule has 2 aromatic rings. The Morgan fingerprint density at radius 2 is 1.86 bits per heavy atom. The lowest BCUT2D eigenvalue weighted by Gasteiger charge is -2.23. The summed E-state index contributed by atoms with van der Waals surface area (Å²) in [5.74, 6) is 1.47. The number of carbonyl (C=O) groups excluding carboxylic acids is 1. The van der Waals surface area contributed by atoms with Gasteiger partial charge in [-0.25, -0.2) is 0 Å². The maximum atomic E-state index is 12.3. The Morgan fingerprint density at radius 3 is 2.55 bits per heavy atom. The molecule has 0 atom stereocenters. The molecule has 29 heavy (non-hydrogen) atoms. The van der Waals surface area contributed by atoms with Crippen LogP contribution in [-0.2, 0) is 17.9 Å². The van der Waals surface area contributed by atoms with Gasteiger partial charge in [-0.2, -0.15) is 0 Å². The lowest BCUT2D eigenvalue weighted by molar-refractivity contribution is -0.919. The van der Waals surface area contributed by atoms with Gasteiger partial charge in [0.25, 0.3) is 0 Å². The van der Waals surface area contributed by atoms with Gasteiger partial charge < -0.3 is 10.2 Å². The van der Waals surface area contributed by atoms with Crippen LogP contribution in [0.2, 0.25) is 0 Å². The number of benzene rings is 1. The monoisotopic (exact) mass is 416 g/mol. The van der Waals surface area contributed by atoms with Gasteiger partial charge >= 0.3 is 0 Å². The molecule has 1 aliphatic rings. The first-order valence-electron chi connectivity index (χ1n) is 10.9. The van der Waals surface area contributed by atoms with Crippen LogP contribution in [0.5, 0.6) is 0 Å². The number of hydrogen-bond donors (Lipinski definition) is 2. The third-order valence-corrected chi connectivity index (χ3v) is 6.60. The molecule has 0 saturated carbocycles. The fourth-order valence-electron chi connectivity index (χ4n) is 3.83. The number of likely N-dealkylation sites (tertiary alicyclic amines) is 1. The molecule has 2 N–H and O–H groups in total. The van der Waals surface area contributed by atoms with Crippen LogP contribution in [0, 0.1) is 0 Å². The Morgan fingerprint density at radius 1 is 1.14 bits per heavy atom. The molecule has 1 fully saturated rings. The topological polar surface area (TPSA) is 64.2 Å². The molecule has 1 saturated heterocycles. The molecule has 0 aliphatic carbocycles. The van der Waals surface area contributed by atoms with Crippen LogP contribution in [0.4, 0.5) is 0 Å². The molecule has 6 nitrogen and oxygen atoms in total. The minimum atomic E-state index is 0.0705. The highest BCUT2D eigenvalue weighted by Gasteiger charge is 2.21. The summed E-state index contributed by atoms with van der Waals surface area (Å²) in [6.45, 7) is 8.27.